The first-order valence-corrected chi connectivity index (χ1v) is 7.93. The van der Waals surface area contributed by atoms with Gasteiger partial charge >= 0.3 is 0 Å². The van der Waals surface area contributed by atoms with Gasteiger partial charge in [-0.05, 0) is 56.3 Å². The lowest BCUT2D eigenvalue weighted by molar-refractivity contribution is 0.190. The van der Waals surface area contributed by atoms with Crippen LogP contribution < -0.4 is 5.32 Å². The Balaban J connectivity index is 1.57. The van der Waals surface area contributed by atoms with Crippen LogP contribution in [0.15, 0.2) is 0 Å². The van der Waals surface area contributed by atoms with Gasteiger partial charge in [0.1, 0.15) is 5.01 Å². The Morgan fingerprint density at radius 3 is 2.61 bits per heavy atom. The Hall–Kier alpha value is -0.230. The van der Waals surface area contributed by atoms with E-state index in [1.54, 1.807) is 0 Å². The number of piperidine rings is 1. The highest BCUT2D eigenvalue weighted by Crippen LogP contribution is 2.31. The highest BCUT2D eigenvalue weighted by atomic mass is 35.5. The lowest BCUT2D eigenvalue weighted by Crippen LogP contribution is -2.37. The maximum atomic E-state index is 5.85. The fraction of sp³-hybridized carbons (Fsp3) is 0.833. The molecule has 1 aromatic heterocycles. The molecular formula is C12H19ClN4S. The average molecular weight is 287 g/mol. The van der Waals surface area contributed by atoms with Crippen molar-refractivity contribution in [3.05, 3.63) is 9.47 Å². The number of nitrogens with one attached hydrogen (secondary N) is 1. The Morgan fingerprint density at radius 1 is 1.22 bits per heavy atom. The summed E-state index contributed by atoms with van der Waals surface area (Å²) in [5, 5.41) is 12.5. The topological polar surface area (TPSA) is 41.1 Å². The molecule has 2 heterocycles. The van der Waals surface area contributed by atoms with Gasteiger partial charge in [-0.15, -0.1) is 10.2 Å². The second-order valence-electron chi connectivity index (χ2n) is 5.30. The fourth-order valence-electron chi connectivity index (χ4n) is 2.65. The van der Waals surface area contributed by atoms with E-state index < -0.39 is 0 Å². The highest BCUT2D eigenvalue weighted by molar-refractivity contribution is 7.15. The van der Waals surface area contributed by atoms with Crippen molar-refractivity contribution in [1.29, 1.82) is 0 Å². The summed E-state index contributed by atoms with van der Waals surface area (Å²) in [6.07, 6.45) is 5.30. The van der Waals surface area contributed by atoms with Gasteiger partial charge in [0.2, 0.25) is 4.47 Å². The SMILES string of the molecule is Clc1nnc(CN(CC2CCNCC2)C2CC2)s1. The van der Waals surface area contributed by atoms with E-state index in [2.05, 4.69) is 20.4 Å². The van der Waals surface area contributed by atoms with Crippen molar-refractivity contribution in [2.24, 2.45) is 5.92 Å². The minimum Gasteiger partial charge on any atom is -0.317 e. The molecule has 1 aliphatic heterocycles. The van der Waals surface area contributed by atoms with Crippen LogP contribution in [0, 0.1) is 5.92 Å². The minimum absolute atomic E-state index is 0.558. The second kappa shape index (κ2) is 5.82. The molecular weight excluding hydrogens is 268 g/mol. The molecule has 0 bridgehead atoms. The largest absolute Gasteiger partial charge is 0.317 e. The summed E-state index contributed by atoms with van der Waals surface area (Å²) >= 11 is 7.36. The molecule has 1 saturated carbocycles. The summed E-state index contributed by atoms with van der Waals surface area (Å²) < 4.78 is 0.558. The van der Waals surface area contributed by atoms with Gasteiger partial charge in [-0.3, -0.25) is 4.90 Å². The molecule has 4 nitrogen and oxygen atoms in total. The number of aromatic nitrogens is 2. The molecule has 2 fully saturated rings. The molecule has 1 saturated heterocycles. The predicted molar refractivity (Wildman–Crippen MR) is 73.9 cm³/mol. The first-order valence-electron chi connectivity index (χ1n) is 6.74. The van der Waals surface area contributed by atoms with Gasteiger partial charge in [0.25, 0.3) is 0 Å². The van der Waals surface area contributed by atoms with Gasteiger partial charge in [-0.2, -0.15) is 0 Å². The van der Waals surface area contributed by atoms with E-state index in [0.29, 0.717) is 4.47 Å². The predicted octanol–water partition coefficient (Wildman–Crippen LogP) is 2.16. The van der Waals surface area contributed by atoms with E-state index in [0.717, 1.165) is 23.5 Å². The van der Waals surface area contributed by atoms with Crippen LogP contribution in [-0.4, -0.2) is 40.8 Å². The molecule has 1 aliphatic carbocycles. The van der Waals surface area contributed by atoms with Crippen LogP contribution in [0.3, 0.4) is 0 Å². The van der Waals surface area contributed by atoms with Crippen molar-refractivity contribution >= 4 is 22.9 Å². The van der Waals surface area contributed by atoms with Crippen LogP contribution in [0.2, 0.25) is 4.47 Å². The number of hydrogen-bond acceptors (Lipinski definition) is 5. The fourth-order valence-corrected chi connectivity index (χ4v) is 3.54. The third kappa shape index (κ3) is 3.41. The quantitative estimate of drug-likeness (QED) is 0.901. The summed E-state index contributed by atoms with van der Waals surface area (Å²) in [4.78, 5) is 2.59. The third-order valence-corrected chi connectivity index (χ3v) is 4.80. The second-order valence-corrected chi connectivity index (χ2v) is 6.95. The lowest BCUT2D eigenvalue weighted by atomic mass is 9.97. The van der Waals surface area contributed by atoms with Crippen LogP contribution in [-0.2, 0) is 6.54 Å². The monoisotopic (exact) mass is 286 g/mol. The van der Waals surface area contributed by atoms with Crippen LogP contribution in [0.4, 0.5) is 0 Å². The van der Waals surface area contributed by atoms with Gasteiger partial charge in [0.15, 0.2) is 0 Å². The van der Waals surface area contributed by atoms with Crippen molar-refractivity contribution in [3.8, 4) is 0 Å². The molecule has 6 heteroatoms. The highest BCUT2D eigenvalue weighted by Gasteiger charge is 2.31. The van der Waals surface area contributed by atoms with Crippen molar-refractivity contribution in [1.82, 2.24) is 20.4 Å². The van der Waals surface area contributed by atoms with Crippen molar-refractivity contribution in [2.75, 3.05) is 19.6 Å². The molecule has 2 aliphatic rings. The van der Waals surface area contributed by atoms with Gasteiger partial charge in [0, 0.05) is 12.6 Å². The summed E-state index contributed by atoms with van der Waals surface area (Å²) in [6.45, 7) is 4.49. The molecule has 0 radical (unpaired) electrons. The summed E-state index contributed by atoms with van der Waals surface area (Å²) in [5.41, 5.74) is 0. The molecule has 3 rings (SSSR count). The number of hydrogen-bond donors (Lipinski definition) is 1. The third-order valence-electron chi connectivity index (χ3n) is 3.80. The lowest BCUT2D eigenvalue weighted by Gasteiger charge is -2.29. The molecule has 0 unspecified atom stereocenters. The van der Waals surface area contributed by atoms with Gasteiger partial charge < -0.3 is 5.32 Å². The Labute approximate surface area is 117 Å². The average Bonchev–Trinajstić information content (AvgIpc) is 3.15. The molecule has 0 spiro atoms. The van der Waals surface area contributed by atoms with E-state index in [4.69, 9.17) is 11.6 Å². The van der Waals surface area contributed by atoms with Crippen LogP contribution >= 0.6 is 22.9 Å². The van der Waals surface area contributed by atoms with E-state index in [-0.39, 0.29) is 0 Å². The number of nitrogens with zero attached hydrogens (tertiary/aromatic N) is 3. The molecule has 1 aromatic rings. The zero-order valence-electron chi connectivity index (χ0n) is 10.4. The van der Waals surface area contributed by atoms with Crippen molar-refractivity contribution in [2.45, 2.75) is 38.3 Å². The molecule has 0 atom stereocenters. The molecule has 0 amide bonds. The zero-order chi connectivity index (χ0) is 12.4. The van der Waals surface area contributed by atoms with Gasteiger partial charge in [0.05, 0.1) is 6.54 Å². The van der Waals surface area contributed by atoms with Gasteiger partial charge in [-0.25, -0.2) is 0 Å². The van der Waals surface area contributed by atoms with E-state index in [1.165, 1.54) is 56.7 Å². The van der Waals surface area contributed by atoms with Crippen molar-refractivity contribution < 1.29 is 0 Å². The summed E-state index contributed by atoms with van der Waals surface area (Å²) in [6, 6.07) is 0.780. The van der Waals surface area contributed by atoms with E-state index >= 15 is 0 Å². The zero-order valence-corrected chi connectivity index (χ0v) is 12.0. The first kappa shape index (κ1) is 12.8. The number of halogens is 1. The minimum atomic E-state index is 0.558. The van der Waals surface area contributed by atoms with Crippen LogP contribution in [0.25, 0.3) is 0 Å². The summed E-state index contributed by atoms with van der Waals surface area (Å²) in [7, 11) is 0. The molecule has 18 heavy (non-hydrogen) atoms. The maximum absolute atomic E-state index is 5.85. The van der Waals surface area contributed by atoms with Crippen molar-refractivity contribution in [3.63, 3.8) is 0 Å². The Morgan fingerprint density at radius 2 is 2.00 bits per heavy atom. The standard InChI is InChI=1S/C12H19ClN4S/c13-12-16-15-11(18-12)8-17(10-1-2-10)7-9-3-5-14-6-4-9/h9-10,14H,1-8H2. The first-order chi connectivity index (χ1) is 8.81. The Bertz CT molecular complexity index is 387. The van der Waals surface area contributed by atoms with Crippen LogP contribution in [0.1, 0.15) is 30.7 Å². The van der Waals surface area contributed by atoms with Crippen LogP contribution in [0.5, 0.6) is 0 Å². The summed E-state index contributed by atoms with van der Waals surface area (Å²) in [5.74, 6) is 0.843. The van der Waals surface area contributed by atoms with E-state index in [1.807, 2.05) is 0 Å². The molecule has 100 valence electrons. The van der Waals surface area contributed by atoms with E-state index in [9.17, 15) is 0 Å². The Kier molecular flexibility index (Phi) is 4.13. The molecule has 1 N–H and O–H groups in total. The smallest absolute Gasteiger partial charge is 0.207 e. The normalized spacial score (nSPS) is 21.7. The number of rotatable bonds is 5. The maximum Gasteiger partial charge on any atom is 0.207 e. The molecule has 0 aromatic carbocycles. The van der Waals surface area contributed by atoms with Gasteiger partial charge in [-0.1, -0.05) is 11.3 Å².